The number of halogens is 1. The Kier molecular flexibility index (Phi) is 9.06. The summed E-state index contributed by atoms with van der Waals surface area (Å²) in [5.41, 5.74) is 1.29. The molecule has 1 aromatic rings. The topological polar surface area (TPSA) is 50.4 Å². The molecule has 1 aliphatic rings. The number of hydrogen-bond acceptors (Lipinski definition) is 3. The van der Waals surface area contributed by atoms with E-state index in [1.165, 1.54) is 5.56 Å². The Labute approximate surface area is 133 Å². The summed E-state index contributed by atoms with van der Waals surface area (Å²) in [5, 5.41) is 6.28. The van der Waals surface area contributed by atoms with E-state index in [-0.39, 0.29) is 18.3 Å². The maximum absolute atomic E-state index is 11.7. The van der Waals surface area contributed by atoms with Gasteiger partial charge in [0.15, 0.2) is 0 Å². The number of carbonyl (C=O) groups excluding carboxylic acids is 1. The van der Waals surface area contributed by atoms with E-state index >= 15 is 0 Å². The highest BCUT2D eigenvalue weighted by atomic mass is 35.5. The van der Waals surface area contributed by atoms with Crippen molar-refractivity contribution in [2.24, 2.45) is 0 Å². The lowest BCUT2D eigenvalue weighted by atomic mass is 10.2. The van der Waals surface area contributed by atoms with Crippen LogP contribution in [0.3, 0.4) is 0 Å². The third-order valence-electron chi connectivity index (χ3n) is 3.50. The van der Waals surface area contributed by atoms with E-state index in [1.54, 1.807) is 0 Å². The van der Waals surface area contributed by atoms with Crippen LogP contribution in [-0.4, -0.2) is 38.3 Å². The number of hydrogen-bond donors (Lipinski definition) is 2. The Morgan fingerprint density at radius 3 is 2.81 bits per heavy atom. The molecule has 1 aliphatic heterocycles. The number of benzene rings is 1. The Balaban J connectivity index is 0.00000220. The predicted molar refractivity (Wildman–Crippen MR) is 86.9 cm³/mol. The molecule has 2 rings (SSSR count). The summed E-state index contributed by atoms with van der Waals surface area (Å²) < 4.78 is 5.57. The first-order chi connectivity index (χ1) is 9.84. The number of carbonyl (C=O) groups is 1. The van der Waals surface area contributed by atoms with Gasteiger partial charge in [0.25, 0.3) is 0 Å². The molecule has 1 atom stereocenters. The maximum atomic E-state index is 11.7. The zero-order chi connectivity index (χ0) is 14.0. The zero-order valence-corrected chi connectivity index (χ0v) is 13.2. The van der Waals surface area contributed by atoms with Gasteiger partial charge in [-0.2, -0.15) is 0 Å². The standard InChI is InChI=1S/C16H24N2O2.ClH/c19-16(18-15-8-10-17-13-15)7-4-11-20-12-9-14-5-2-1-3-6-14;/h1-3,5-6,15,17H,4,7-13H2,(H,18,19);1H. The van der Waals surface area contributed by atoms with Gasteiger partial charge >= 0.3 is 0 Å². The van der Waals surface area contributed by atoms with E-state index in [4.69, 9.17) is 4.74 Å². The molecular weight excluding hydrogens is 288 g/mol. The minimum absolute atomic E-state index is 0. The number of rotatable bonds is 8. The van der Waals surface area contributed by atoms with Gasteiger partial charge in [-0.3, -0.25) is 4.79 Å². The molecule has 1 fully saturated rings. The van der Waals surface area contributed by atoms with E-state index in [0.717, 1.165) is 39.0 Å². The lowest BCUT2D eigenvalue weighted by Crippen LogP contribution is -2.36. The summed E-state index contributed by atoms with van der Waals surface area (Å²) >= 11 is 0. The monoisotopic (exact) mass is 312 g/mol. The first-order valence-corrected chi connectivity index (χ1v) is 7.46. The minimum Gasteiger partial charge on any atom is -0.381 e. The molecule has 4 nitrogen and oxygen atoms in total. The van der Waals surface area contributed by atoms with Gasteiger partial charge in [0.05, 0.1) is 6.61 Å². The third kappa shape index (κ3) is 7.46. The Hall–Kier alpha value is -1.10. The van der Waals surface area contributed by atoms with Crippen molar-refractivity contribution in [2.75, 3.05) is 26.3 Å². The molecule has 0 aromatic heterocycles. The summed E-state index contributed by atoms with van der Waals surface area (Å²) in [6.07, 6.45) is 3.32. The Morgan fingerprint density at radius 2 is 2.10 bits per heavy atom. The molecule has 118 valence electrons. The van der Waals surface area contributed by atoms with Crippen LogP contribution >= 0.6 is 12.4 Å². The van der Waals surface area contributed by atoms with Gasteiger partial charge in [0.2, 0.25) is 5.91 Å². The Morgan fingerprint density at radius 1 is 1.29 bits per heavy atom. The summed E-state index contributed by atoms with van der Waals surface area (Å²) in [4.78, 5) is 11.7. The van der Waals surface area contributed by atoms with Gasteiger partial charge in [0.1, 0.15) is 0 Å². The second kappa shape index (κ2) is 10.6. The van der Waals surface area contributed by atoms with Gasteiger partial charge in [-0.15, -0.1) is 12.4 Å². The number of ether oxygens (including phenoxy) is 1. The highest BCUT2D eigenvalue weighted by Crippen LogP contribution is 2.01. The molecule has 0 bridgehead atoms. The predicted octanol–water partition coefficient (Wildman–Crippen LogP) is 1.93. The van der Waals surface area contributed by atoms with Crippen molar-refractivity contribution < 1.29 is 9.53 Å². The van der Waals surface area contributed by atoms with Gasteiger partial charge in [0, 0.05) is 25.6 Å². The van der Waals surface area contributed by atoms with Crippen molar-refractivity contribution in [2.45, 2.75) is 31.7 Å². The smallest absolute Gasteiger partial charge is 0.220 e. The normalized spacial score (nSPS) is 17.2. The molecule has 1 unspecified atom stereocenters. The second-order valence-corrected chi connectivity index (χ2v) is 5.21. The minimum atomic E-state index is 0. The van der Waals surface area contributed by atoms with Crippen molar-refractivity contribution in [3.63, 3.8) is 0 Å². The van der Waals surface area contributed by atoms with Crippen LogP contribution in [0.4, 0.5) is 0 Å². The van der Waals surface area contributed by atoms with Crippen LogP contribution in [0.15, 0.2) is 30.3 Å². The largest absolute Gasteiger partial charge is 0.381 e. The van der Waals surface area contributed by atoms with Gasteiger partial charge in [-0.1, -0.05) is 30.3 Å². The number of nitrogens with one attached hydrogen (secondary N) is 2. The van der Waals surface area contributed by atoms with Crippen molar-refractivity contribution in [3.05, 3.63) is 35.9 Å². The van der Waals surface area contributed by atoms with Crippen molar-refractivity contribution in [3.8, 4) is 0 Å². The zero-order valence-electron chi connectivity index (χ0n) is 12.3. The van der Waals surface area contributed by atoms with Crippen LogP contribution in [0.2, 0.25) is 0 Å². The maximum Gasteiger partial charge on any atom is 0.220 e. The molecule has 1 saturated heterocycles. The molecule has 0 spiro atoms. The van der Waals surface area contributed by atoms with E-state index in [0.29, 0.717) is 19.1 Å². The second-order valence-electron chi connectivity index (χ2n) is 5.21. The van der Waals surface area contributed by atoms with Crippen LogP contribution in [0, 0.1) is 0 Å². The fraction of sp³-hybridized carbons (Fsp3) is 0.562. The van der Waals surface area contributed by atoms with Crippen molar-refractivity contribution in [1.29, 1.82) is 0 Å². The van der Waals surface area contributed by atoms with Crippen molar-refractivity contribution in [1.82, 2.24) is 10.6 Å². The fourth-order valence-corrected chi connectivity index (χ4v) is 2.35. The van der Waals surface area contributed by atoms with Crippen LogP contribution in [0.1, 0.15) is 24.8 Å². The Bertz CT molecular complexity index is 395. The molecule has 1 aromatic carbocycles. The van der Waals surface area contributed by atoms with Gasteiger partial charge in [-0.05, 0) is 31.4 Å². The third-order valence-corrected chi connectivity index (χ3v) is 3.50. The average Bonchev–Trinajstić information content (AvgIpc) is 2.96. The highest BCUT2D eigenvalue weighted by Gasteiger charge is 2.15. The molecule has 21 heavy (non-hydrogen) atoms. The summed E-state index contributed by atoms with van der Waals surface area (Å²) in [6.45, 7) is 3.29. The molecular formula is C16H25ClN2O2. The highest BCUT2D eigenvalue weighted by molar-refractivity contribution is 5.85. The first-order valence-electron chi connectivity index (χ1n) is 7.46. The molecule has 1 heterocycles. The fourth-order valence-electron chi connectivity index (χ4n) is 2.35. The molecule has 0 saturated carbocycles. The van der Waals surface area contributed by atoms with E-state index in [9.17, 15) is 4.79 Å². The molecule has 0 radical (unpaired) electrons. The van der Waals surface area contributed by atoms with Crippen LogP contribution in [-0.2, 0) is 16.0 Å². The van der Waals surface area contributed by atoms with Gasteiger partial charge in [-0.25, -0.2) is 0 Å². The molecule has 1 amide bonds. The molecule has 5 heteroatoms. The molecule has 2 N–H and O–H groups in total. The van der Waals surface area contributed by atoms with Crippen molar-refractivity contribution >= 4 is 18.3 Å². The van der Waals surface area contributed by atoms with E-state index in [2.05, 4.69) is 22.8 Å². The molecule has 0 aliphatic carbocycles. The van der Waals surface area contributed by atoms with E-state index in [1.807, 2.05) is 18.2 Å². The summed E-state index contributed by atoms with van der Waals surface area (Å²) in [6, 6.07) is 10.6. The lowest BCUT2D eigenvalue weighted by Gasteiger charge is -2.11. The SMILES string of the molecule is Cl.O=C(CCCOCCc1ccccc1)NC1CCNC1. The summed E-state index contributed by atoms with van der Waals surface area (Å²) in [7, 11) is 0. The van der Waals surface area contributed by atoms with Crippen LogP contribution in [0.5, 0.6) is 0 Å². The van der Waals surface area contributed by atoms with Crippen LogP contribution < -0.4 is 10.6 Å². The number of amides is 1. The average molecular weight is 313 g/mol. The van der Waals surface area contributed by atoms with Crippen LogP contribution in [0.25, 0.3) is 0 Å². The summed E-state index contributed by atoms with van der Waals surface area (Å²) in [5.74, 6) is 0.144. The quantitative estimate of drug-likeness (QED) is 0.721. The van der Waals surface area contributed by atoms with E-state index < -0.39 is 0 Å². The lowest BCUT2D eigenvalue weighted by molar-refractivity contribution is -0.122. The van der Waals surface area contributed by atoms with Gasteiger partial charge < -0.3 is 15.4 Å². The first kappa shape index (κ1) is 18.0.